The van der Waals surface area contributed by atoms with Gasteiger partial charge in [-0.2, -0.15) is 0 Å². The molecule has 14 heavy (non-hydrogen) atoms. The SMILES string of the molecule is CS(=O)(=O)NCCCNC1CC(N)C1. The Morgan fingerprint density at radius 1 is 1.36 bits per heavy atom. The topological polar surface area (TPSA) is 84.2 Å². The Kier molecular flexibility index (Phi) is 4.31. The van der Waals surface area contributed by atoms with Gasteiger partial charge in [-0.15, -0.1) is 0 Å². The zero-order valence-electron chi connectivity index (χ0n) is 8.49. The summed E-state index contributed by atoms with van der Waals surface area (Å²) < 4.78 is 23.8. The monoisotopic (exact) mass is 221 g/mol. The van der Waals surface area contributed by atoms with Crippen molar-refractivity contribution in [2.24, 2.45) is 5.73 Å². The van der Waals surface area contributed by atoms with Crippen LogP contribution < -0.4 is 15.8 Å². The molecule has 0 bridgehead atoms. The maximum atomic E-state index is 10.7. The maximum Gasteiger partial charge on any atom is 0.208 e. The number of hydrogen-bond donors (Lipinski definition) is 3. The maximum absolute atomic E-state index is 10.7. The van der Waals surface area contributed by atoms with Crippen LogP contribution in [0.2, 0.25) is 0 Å². The highest BCUT2D eigenvalue weighted by molar-refractivity contribution is 7.88. The first-order valence-corrected chi connectivity index (χ1v) is 6.80. The summed E-state index contributed by atoms with van der Waals surface area (Å²) >= 11 is 0. The third-order valence-electron chi connectivity index (χ3n) is 2.33. The van der Waals surface area contributed by atoms with E-state index in [1.807, 2.05) is 0 Å². The van der Waals surface area contributed by atoms with Gasteiger partial charge in [-0.3, -0.25) is 0 Å². The molecule has 0 saturated heterocycles. The van der Waals surface area contributed by atoms with Crippen LogP contribution in [0.4, 0.5) is 0 Å². The average molecular weight is 221 g/mol. The molecule has 1 saturated carbocycles. The second-order valence-corrected chi connectivity index (χ2v) is 5.74. The lowest BCUT2D eigenvalue weighted by Crippen LogP contribution is -2.48. The summed E-state index contributed by atoms with van der Waals surface area (Å²) in [6.45, 7) is 1.35. The predicted molar refractivity (Wildman–Crippen MR) is 56.5 cm³/mol. The minimum absolute atomic E-state index is 0.363. The Hall–Kier alpha value is -0.170. The minimum Gasteiger partial charge on any atom is -0.328 e. The summed E-state index contributed by atoms with van der Waals surface area (Å²) in [4.78, 5) is 0. The molecular formula is C8H19N3O2S. The average Bonchev–Trinajstić information content (AvgIpc) is 1.98. The van der Waals surface area contributed by atoms with Crippen LogP contribution in [0.15, 0.2) is 0 Å². The highest BCUT2D eigenvalue weighted by Crippen LogP contribution is 2.16. The Morgan fingerprint density at radius 3 is 2.50 bits per heavy atom. The molecular weight excluding hydrogens is 202 g/mol. The van der Waals surface area contributed by atoms with Gasteiger partial charge in [0.25, 0.3) is 0 Å². The third kappa shape index (κ3) is 4.90. The van der Waals surface area contributed by atoms with E-state index < -0.39 is 10.0 Å². The molecule has 1 rings (SSSR count). The molecule has 0 radical (unpaired) electrons. The Bertz CT molecular complexity index is 260. The fourth-order valence-electron chi connectivity index (χ4n) is 1.48. The van der Waals surface area contributed by atoms with Crippen molar-refractivity contribution in [2.75, 3.05) is 19.3 Å². The van der Waals surface area contributed by atoms with E-state index in [1.165, 1.54) is 6.26 Å². The van der Waals surface area contributed by atoms with Crippen LogP contribution in [0.5, 0.6) is 0 Å². The number of hydrogen-bond acceptors (Lipinski definition) is 4. The molecule has 0 amide bonds. The first-order valence-electron chi connectivity index (χ1n) is 4.91. The first-order chi connectivity index (χ1) is 6.47. The molecule has 0 heterocycles. The molecule has 1 aliphatic carbocycles. The van der Waals surface area contributed by atoms with Crippen LogP contribution in [0.3, 0.4) is 0 Å². The van der Waals surface area contributed by atoms with Gasteiger partial charge in [-0.1, -0.05) is 0 Å². The van der Waals surface area contributed by atoms with Crippen molar-refractivity contribution in [3.8, 4) is 0 Å². The van der Waals surface area contributed by atoms with Crippen LogP contribution in [0, 0.1) is 0 Å². The largest absolute Gasteiger partial charge is 0.328 e. The van der Waals surface area contributed by atoms with Gasteiger partial charge in [-0.25, -0.2) is 13.1 Å². The lowest BCUT2D eigenvalue weighted by Gasteiger charge is -2.33. The molecule has 84 valence electrons. The number of nitrogens with two attached hydrogens (primary N) is 1. The van der Waals surface area contributed by atoms with E-state index in [0.29, 0.717) is 18.6 Å². The molecule has 0 unspecified atom stereocenters. The standard InChI is InChI=1S/C8H19N3O2S/c1-14(12,13)11-4-2-3-10-8-5-7(9)6-8/h7-8,10-11H,2-6,9H2,1H3. The van der Waals surface area contributed by atoms with Gasteiger partial charge in [0.1, 0.15) is 0 Å². The van der Waals surface area contributed by atoms with Crippen molar-refractivity contribution in [3.05, 3.63) is 0 Å². The van der Waals surface area contributed by atoms with Crippen LogP contribution in [0.25, 0.3) is 0 Å². The minimum atomic E-state index is -3.02. The summed E-state index contributed by atoms with van der Waals surface area (Å²) in [5.74, 6) is 0. The molecule has 4 N–H and O–H groups in total. The molecule has 6 heteroatoms. The van der Waals surface area contributed by atoms with E-state index >= 15 is 0 Å². The van der Waals surface area contributed by atoms with Gasteiger partial charge in [-0.05, 0) is 25.8 Å². The van der Waals surface area contributed by atoms with Gasteiger partial charge in [0.05, 0.1) is 6.26 Å². The van der Waals surface area contributed by atoms with Crippen molar-refractivity contribution in [1.29, 1.82) is 0 Å². The van der Waals surface area contributed by atoms with E-state index in [-0.39, 0.29) is 0 Å². The molecule has 0 aromatic rings. The summed E-state index contributed by atoms with van der Waals surface area (Å²) in [5, 5.41) is 3.32. The van der Waals surface area contributed by atoms with Crippen molar-refractivity contribution < 1.29 is 8.42 Å². The molecule has 0 aromatic carbocycles. The van der Waals surface area contributed by atoms with Gasteiger partial charge < -0.3 is 11.1 Å². The van der Waals surface area contributed by atoms with E-state index in [0.717, 1.165) is 25.8 Å². The van der Waals surface area contributed by atoms with Gasteiger partial charge in [0.15, 0.2) is 0 Å². The normalized spacial score (nSPS) is 27.3. The summed E-state index contributed by atoms with van der Waals surface area (Å²) in [6, 6.07) is 0.907. The second kappa shape index (κ2) is 5.06. The Morgan fingerprint density at radius 2 is 2.00 bits per heavy atom. The van der Waals surface area contributed by atoms with Gasteiger partial charge in [0.2, 0.25) is 10.0 Å². The highest BCUT2D eigenvalue weighted by Gasteiger charge is 2.24. The summed E-state index contributed by atoms with van der Waals surface area (Å²) in [6.07, 6.45) is 4.07. The number of rotatable bonds is 6. The van der Waals surface area contributed by atoms with Crippen LogP contribution in [-0.2, 0) is 10.0 Å². The van der Waals surface area contributed by atoms with Crippen LogP contribution in [0.1, 0.15) is 19.3 Å². The molecule has 0 atom stereocenters. The molecule has 0 spiro atoms. The molecule has 0 aliphatic heterocycles. The zero-order valence-corrected chi connectivity index (χ0v) is 9.31. The fraction of sp³-hybridized carbons (Fsp3) is 1.00. The van der Waals surface area contributed by atoms with E-state index in [4.69, 9.17) is 5.73 Å². The van der Waals surface area contributed by atoms with Gasteiger partial charge in [0, 0.05) is 18.6 Å². The molecule has 5 nitrogen and oxygen atoms in total. The quantitative estimate of drug-likeness (QED) is 0.503. The summed E-state index contributed by atoms with van der Waals surface area (Å²) in [7, 11) is -3.02. The molecule has 0 aromatic heterocycles. The van der Waals surface area contributed by atoms with Crippen LogP contribution in [-0.4, -0.2) is 39.8 Å². The molecule has 1 fully saturated rings. The van der Waals surface area contributed by atoms with Crippen molar-refractivity contribution in [2.45, 2.75) is 31.3 Å². The van der Waals surface area contributed by atoms with E-state index in [9.17, 15) is 8.42 Å². The number of sulfonamides is 1. The first kappa shape index (κ1) is 11.9. The lowest BCUT2D eigenvalue weighted by molar-refractivity contribution is 0.292. The van der Waals surface area contributed by atoms with Crippen molar-refractivity contribution in [1.82, 2.24) is 10.0 Å². The van der Waals surface area contributed by atoms with Gasteiger partial charge >= 0.3 is 0 Å². The van der Waals surface area contributed by atoms with Crippen molar-refractivity contribution in [3.63, 3.8) is 0 Å². The zero-order chi connectivity index (χ0) is 10.6. The molecule has 1 aliphatic rings. The second-order valence-electron chi connectivity index (χ2n) is 3.90. The van der Waals surface area contributed by atoms with E-state index in [2.05, 4.69) is 10.0 Å². The third-order valence-corrected chi connectivity index (χ3v) is 3.05. The Labute approximate surface area is 85.5 Å². The summed E-state index contributed by atoms with van der Waals surface area (Å²) in [5.41, 5.74) is 5.62. The predicted octanol–water partition coefficient (Wildman–Crippen LogP) is -0.995. The Balaban J connectivity index is 1.90. The smallest absolute Gasteiger partial charge is 0.208 e. The fourth-order valence-corrected chi connectivity index (χ4v) is 2.00. The van der Waals surface area contributed by atoms with E-state index in [1.54, 1.807) is 0 Å². The van der Waals surface area contributed by atoms with Crippen molar-refractivity contribution >= 4 is 10.0 Å². The number of nitrogens with one attached hydrogen (secondary N) is 2. The lowest BCUT2D eigenvalue weighted by atomic mass is 9.88. The highest BCUT2D eigenvalue weighted by atomic mass is 32.2. The van der Waals surface area contributed by atoms with Crippen LogP contribution >= 0.6 is 0 Å².